The molecule has 1 aliphatic rings. The van der Waals surface area contributed by atoms with E-state index in [9.17, 15) is 18.0 Å². The van der Waals surface area contributed by atoms with Crippen LogP contribution in [0.2, 0.25) is 0 Å². The van der Waals surface area contributed by atoms with Crippen LogP contribution in [0.3, 0.4) is 0 Å². The van der Waals surface area contributed by atoms with Gasteiger partial charge < -0.3 is 21.1 Å². The van der Waals surface area contributed by atoms with E-state index in [4.69, 9.17) is 5.73 Å². The molecule has 3 atom stereocenters. The highest BCUT2D eigenvalue weighted by molar-refractivity contribution is 14.1. The van der Waals surface area contributed by atoms with E-state index in [0.717, 1.165) is 29.5 Å². The molecule has 1 aliphatic heterocycles. The van der Waals surface area contributed by atoms with E-state index in [0.29, 0.717) is 17.0 Å². The Balaban J connectivity index is 2.04. The smallest absolute Gasteiger partial charge is 0.430 e. The van der Waals surface area contributed by atoms with Gasteiger partial charge in [-0.15, -0.1) is 0 Å². The van der Waals surface area contributed by atoms with E-state index in [1.807, 2.05) is 6.92 Å². The van der Waals surface area contributed by atoms with Crippen molar-refractivity contribution in [3.8, 4) is 5.75 Å². The van der Waals surface area contributed by atoms with Crippen LogP contribution in [0.15, 0.2) is 47.8 Å². The van der Waals surface area contributed by atoms with E-state index >= 15 is 0 Å². The summed E-state index contributed by atoms with van der Waals surface area (Å²) in [6.07, 6.45) is -0.687. The molecule has 5 nitrogen and oxygen atoms in total. The molecule has 0 aliphatic carbocycles. The number of hydrogen-bond acceptors (Lipinski definition) is 4. The number of nitrogens with two attached hydrogens (primary N) is 1. The fraction of sp³-hybridized carbons (Fsp3) is 0.389. The summed E-state index contributed by atoms with van der Waals surface area (Å²) in [7, 11) is 0. The van der Waals surface area contributed by atoms with Gasteiger partial charge in [0.2, 0.25) is 0 Å². The quantitative estimate of drug-likeness (QED) is 0.416. The van der Waals surface area contributed by atoms with E-state index in [1.54, 1.807) is 19.1 Å². The molecule has 27 heavy (non-hydrogen) atoms. The van der Waals surface area contributed by atoms with Crippen LogP contribution in [0.5, 0.6) is 5.75 Å². The molecule has 0 bridgehead atoms. The van der Waals surface area contributed by atoms with Gasteiger partial charge in [-0.1, -0.05) is 12.1 Å². The molecule has 2 unspecified atom stereocenters. The topological polar surface area (TPSA) is 76.4 Å². The van der Waals surface area contributed by atoms with Crippen LogP contribution in [0.25, 0.3) is 0 Å². The average Bonchev–Trinajstić information content (AvgIpc) is 2.53. The summed E-state index contributed by atoms with van der Waals surface area (Å²) in [6.45, 7) is 4.35. The van der Waals surface area contributed by atoms with Crippen LogP contribution in [0.4, 0.5) is 13.2 Å². The summed E-state index contributed by atoms with van der Waals surface area (Å²) in [4.78, 5) is 12.4. The second kappa shape index (κ2) is 7.99. The van der Waals surface area contributed by atoms with Crippen molar-refractivity contribution in [2.24, 2.45) is 5.73 Å². The molecule has 148 valence electrons. The summed E-state index contributed by atoms with van der Waals surface area (Å²) in [6, 6.07) is 5.22. The second-order valence-electron chi connectivity index (χ2n) is 6.43. The largest absolute Gasteiger partial charge is 0.442 e. The molecule has 1 heterocycles. The third-order valence-electron chi connectivity index (χ3n) is 3.88. The minimum absolute atomic E-state index is 0.0664. The zero-order valence-electron chi connectivity index (χ0n) is 15.0. The van der Waals surface area contributed by atoms with Crippen LogP contribution in [-0.4, -0.2) is 21.7 Å². The molecule has 4 N–H and O–H groups in total. The first kappa shape index (κ1) is 21.4. The molecular formula is C18H21F3IN3O2. The fourth-order valence-electron chi connectivity index (χ4n) is 2.40. The number of amides is 1. The SMILES string of the molecule is CC(NC(=O)C1=C[C@H](C)NC(N)=C1)c1ccc(OC(F)(F)C(C)(F)I)cc1. The van der Waals surface area contributed by atoms with Gasteiger partial charge in [-0.2, -0.15) is 8.78 Å². The van der Waals surface area contributed by atoms with E-state index in [-0.39, 0.29) is 23.7 Å². The Morgan fingerprint density at radius 3 is 2.44 bits per heavy atom. The van der Waals surface area contributed by atoms with Gasteiger partial charge >= 0.3 is 6.11 Å². The van der Waals surface area contributed by atoms with Crippen molar-refractivity contribution >= 4 is 28.5 Å². The third-order valence-corrected chi connectivity index (χ3v) is 4.51. The Kier molecular flexibility index (Phi) is 6.33. The number of ether oxygens (including phenoxy) is 1. The molecule has 0 fully saturated rings. The van der Waals surface area contributed by atoms with Crippen molar-refractivity contribution in [2.45, 2.75) is 42.6 Å². The lowest BCUT2D eigenvalue weighted by atomic mass is 10.1. The maximum absolute atomic E-state index is 13.6. The minimum Gasteiger partial charge on any atom is -0.430 e. The standard InChI is InChI=1S/C18H21F3IN3O2/c1-10-8-13(9-15(23)24-10)16(26)25-11(2)12-4-6-14(7-5-12)27-18(20,21)17(3,19)22/h4-11,24H,23H2,1-3H3,(H,25,26)/t10-,11?,17?/m0/s1. The fourth-order valence-corrected chi connectivity index (χ4v) is 2.51. The van der Waals surface area contributed by atoms with E-state index in [1.165, 1.54) is 24.3 Å². The molecule has 2 rings (SSSR count). The number of nitrogens with one attached hydrogen (secondary N) is 2. The zero-order chi connectivity index (χ0) is 20.4. The molecule has 1 aromatic carbocycles. The maximum Gasteiger partial charge on any atom is 0.442 e. The third kappa shape index (κ3) is 5.53. The van der Waals surface area contributed by atoms with Crippen molar-refractivity contribution in [3.05, 3.63) is 53.4 Å². The number of alkyl halides is 4. The van der Waals surface area contributed by atoms with Crippen molar-refractivity contribution < 1.29 is 22.7 Å². The van der Waals surface area contributed by atoms with Crippen molar-refractivity contribution in [2.75, 3.05) is 0 Å². The number of dihydropyridines is 1. The van der Waals surface area contributed by atoms with Crippen molar-refractivity contribution in [1.29, 1.82) is 0 Å². The number of hydrogen-bond donors (Lipinski definition) is 3. The van der Waals surface area contributed by atoms with Crippen molar-refractivity contribution in [1.82, 2.24) is 10.6 Å². The Morgan fingerprint density at radius 2 is 1.93 bits per heavy atom. The molecule has 0 saturated carbocycles. The van der Waals surface area contributed by atoms with Gasteiger partial charge in [-0.25, -0.2) is 4.39 Å². The summed E-state index contributed by atoms with van der Waals surface area (Å²) < 4.78 is 42.3. The first-order valence-electron chi connectivity index (χ1n) is 8.20. The number of halogens is 4. The highest BCUT2D eigenvalue weighted by Gasteiger charge is 2.52. The summed E-state index contributed by atoms with van der Waals surface area (Å²) in [5.41, 5.74) is 6.84. The maximum atomic E-state index is 13.6. The van der Waals surface area contributed by atoms with Crippen LogP contribution in [-0.2, 0) is 4.79 Å². The molecule has 0 spiro atoms. The molecule has 1 aromatic rings. The van der Waals surface area contributed by atoms with Gasteiger partial charge in [-0.05, 0) is 73.2 Å². The Morgan fingerprint density at radius 1 is 1.33 bits per heavy atom. The number of rotatable bonds is 6. The normalized spacial score (nSPS) is 20.5. The Hall–Kier alpha value is -1.91. The highest BCUT2D eigenvalue weighted by atomic mass is 127. The Labute approximate surface area is 169 Å². The number of carbonyl (C=O) groups is 1. The molecule has 0 aromatic heterocycles. The first-order valence-corrected chi connectivity index (χ1v) is 9.28. The van der Waals surface area contributed by atoms with Crippen molar-refractivity contribution in [3.63, 3.8) is 0 Å². The molecule has 9 heteroatoms. The summed E-state index contributed by atoms with van der Waals surface area (Å²) in [5, 5.41) is 5.78. The lowest BCUT2D eigenvalue weighted by Crippen LogP contribution is -2.41. The van der Waals surface area contributed by atoms with Gasteiger partial charge in [0, 0.05) is 11.6 Å². The summed E-state index contributed by atoms with van der Waals surface area (Å²) >= 11 is 0.988. The molecular weight excluding hydrogens is 474 g/mol. The van der Waals surface area contributed by atoms with Crippen LogP contribution in [0.1, 0.15) is 32.4 Å². The number of carbonyl (C=O) groups excluding carboxylic acids is 1. The van der Waals surface area contributed by atoms with Crippen LogP contribution < -0.4 is 21.1 Å². The monoisotopic (exact) mass is 495 g/mol. The van der Waals surface area contributed by atoms with Crippen LogP contribution in [0, 0.1) is 0 Å². The Bertz CT molecular complexity index is 758. The van der Waals surface area contributed by atoms with Gasteiger partial charge in [0.05, 0.1) is 11.9 Å². The first-order chi connectivity index (χ1) is 12.4. The lowest BCUT2D eigenvalue weighted by molar-refractivity contribution is -0.221. The van der Waals surface area contributed by atoms with E-state index in [2.05, 4.69) is 15.4 Å². The second-order valence-corrected chi connectivity index (χ2v) is 8.45. The average molecular weight is 495 g/mol. The van der Waals surface area contributed by atoms with Gasteiger partial charge in [0.25, 0.3) is 9.58 Å². The summed E-state index contributed by atoms with van der Waals surface area (Å²) in [5.74, 6) is -0.0717. The van der Waals surface area contributed by atoms with Gasteiger partial charge in [0.1, 0.15) is 5.75 Å². The van der Waals surface area contributed by atoms with Gasteiger partial charge in [0.15, 0.2) is 0 Å². The predicted octanol–water partition coefficient (Wildman–Crippen LogP) is 3.67. The van der Waals surface area contributed by atoms with Gasteiger partial charge in [-0.3, -0.25) is 4.79 Å². The lowest BCUT2D eigenvalue weighted by Gasteiger charge is -2.25. The minimum atomic E-state index is -3.97. The highest BCUT2D eigenvalue weighted by Crippen LogP contribution is 2.39. The molecule has 0 saturated heterocycles. The molecule has 1 amide bonds. The zero-order valence-corrected chi connectivity index (χ0v) is 17.2. The predicted molar refractivity (Wildman–Crippen MR) is 105 cm³/mol. The number of benzene rings is 1. The van der Waals surface area contributed by atoms with Crippen LogP contribution >= 0.6 is 22.6 Å². The van der Waals surface area contributed by atoms with E-state index < -0.39 is 9.78 Å². The molecule has 0 radical (unpaired) electrons.